The predicted octanol–water partition coefficient (Wildman–Crippen LogP) is 1.17. The van der Waals surface area contributed by atoms with E-state index in [2.05, 4.69) is 26.0 Å². The van der Waals surface area contributed by atoms with Gasteiger partial charge in [-0.15, -0.1) is 11.3 Å². The quantitative estimate of drug-likeness (QED) is 0.630. The van der Waals surface area contributed by atoms with Gasteiger partial charge in [-0.25, -0.2) is 4.98 Å². The number of amides is 1. The third-order valence-corrected chi connectivity index (χ3v) is 4.57. The smallest absolute Gasteiger partial charge is 0.222 e. The van der Waals surface area contributed by atoms with Crippen LogP contribution in [0.4, 0.5) is 0 Å². The van der Waals surface area contributed by atoms with Gasteiger partial charge in [0.2, 0.25) is 5.91 Å². The van der Waals surface area contributed by atoms with E-state index in [-0.39, 0.29) is 11.9 Å². The number of guanidine groups is 1. The van der Waals surface area contributed by atoms with E-state index in [0.29, 0.717) is 6.42 Å². The monoisotopic (exact) mass is 323 g/mol. The van der Waals surface area contributed by atoms with Gasteiger partial charge in [0, 0.05) is 50.9 Å². The van der Waals surface area contributed by atoms with Crippen molar-refractivity contribution in [1.29, 1.82) is 0 Å². The van der Waals surface area contributed by atoms with Crippen molar-refractivity contribution in [2.24, 2.45) is 4.99 Å². The lowest BCUT2D eigenvalue weighted by Crippen LogP contribution is -2.45. The molecule has 0 spiro atoms. The Morgan fingerprint density at radius 1 is 1.59 bits per heavy atom. The van der Waals surface area contributed by atoms with Crippen molar-refractivity contribution < 1.29 is 4.79 Å². The maximum absolute atomic E-state index is 11.7. The summed E-state index contributed by atoms with van der Waals surface area (Å²) in [5.74, 6) is 1.02. The molecule has 1 unspecified atom stereocenters. The molecule has 1 amide bonds. The Morgan fingerprint density at radius 2 is 2.41 bits per heavy atom. The van der Waals surface area contributed by atoms with Crippen molar-refractivity contribution in [1.82, 2.24) is 20.5 Å². The summed E-state index contributed by atoms with van der Waals surface area (Å²) in [4.78, 5) is 22.3. The Bertz CT molecular complexity index is 528. The predicted molar refractivity (Wildman–Crippen MR) is 90.3 cm³/mol. The minimum absolute atomic E-state index is 0.228. The van der Waals surface area contributed by atoms with Crippen LogP contribution in [0.25, 0.3) is 0 Å². The number of nitrogens with zero attached hydrogens (tertiary/aromatic N) is 3. The van der Waals surface area contributed by atoms with Gasteiger partial charge in [0.25, 0.3) is 0 Å². The molecule has 0 bridgehead atoms. The van der Waals surface area contributed by atoms with Crippen molar-refractivity contribution in [3.63, 3.8) is 0 Å². The first-order valence-corrected chi connectivity index (χ1v) is 8.66. The van der Waals surface area contributed by atoms with Gasteiger partial charge in [-0.05, 0) is 13.3 Å². The van der Waals surface area contributed by atoms with Gasteiger partial charge in [0.05, 0.1) is 10.7 Å². The maximum Gasteiger partial charge on any atom is 0.222 e. The second kappa shape index (κ2) is 8.12. The molecule has 2 rings (SSSR count). The number of carbonyl (C=O) groups is 1. The Morgan fingerprint density at radius 3 is 3.05 bits per heavy atom. The number of likely N-dealkylation sites (tertiary alicyclic amines) is 1. The number of hydrogen-bond acceptors (Lipinski definition) is 4. The molecule has 6 nitrogen and oxygen atoms in total. The lowest BCUT2D eigenvalue weighted by molar-refractivity contribution is -0.129. The van der Waals surface area contributed by atoms with E-state index in [9.17, 15) is 4.79 Å². The summed E-state index contributed by atoms with van der Waals surface area (Å²) in [6, 6.07) is 0.281. The summed E-state index contributed by atoms with van der Waals surface area (Å²) in [7, 11) is 1.77. The van der Waals surface area contributed by atoms with Gasteiger partial charge < -0.3 is 15.5 Å². The molecule has 122 valence electrons. The van der Waals surface area contributed by atoms with Gasteiger partial charge in [-0.3, -0.25) is 9.79 Å². The molecule has 0 aliphatic carbocycles. The van der Waals surface area contributed by atoms with Crippen LogP contribution in [0.1, 0.15) is 30.5 Å². The van der Waals surface area contributed by atoms with E-state index in [1.165, 1.54) is 0 Å². The van der Waals surface area contributed by atoms with Crippen LogP contribution in [0.3, 0.4) is 0 Å². The van der Waals surface area contributed by atoms with Gasteiger partial charge >= 0.3 is 0 Å². The average molecular weight is 323 g/mol. The van der Waals surface area contributed by atoms with Crippen LogP contribution in [0, 0.1) is 6.92 Å². The number of thiazole rings is 1. The molecule has 1 aliphatic rings. The molecule has 2 N–H and O–H groups in total. The Balaban J connectivity index is 1.72. The summed E-state index contributed by atoms with van der Waals surface area (Å²) >= 11 is 1.68. The topological polar surface area (TPSA) is 69.6 Å². The van der Waals surface area contributed by atoms with Crippen LogP contribution in [-0.2, 0) is 11.2 Å². The van der Waals surface area contributed by atoms with Gasteiger partial charge in [-0.2, -0.15) is 0 Å². The second-order valence-electron chi connectivity index (χ2n) is 5.43. The van der Waals surface area contributed by atoms with Crippen LogP contribution >= 0.6 is 11.3 Å². The zero-order valence-electron chi connectivity index (χ0n) is 13.6. The largest absolute Gasteiger partial charge is 0.356 e. The Kier molecular flexibility index (Phi) is 6.18. The van der Waals surface area contributed by atoms with E-state index in [1.54, 1.807) is 18.4 Å². The van der Waals surface area contributed by atoms with Crippen molar-refractivity contribution in [2.45, 2.75) is 39.2 Å². The fourth-order valence-electron chi connectivity index (χ4n) is 2.55. The fraction of sp³-hybridized carbons (Fsp3) is 0.667. The molecule has 0 saturated carbocycles. The zero-order valence-corrected chi connectivity index (χ0v) is 14.4. The SMILES string of the molecule is CCC(=O)N1CCC(NC(=NC)NCCc2csc(C)n2)C1. The van der Waals surface area contributed by atoms with Gasteiger partial charge in [0.15, 0.2) is 5.96 Å². The third-order valence-electron chi connectivity index (χ3n) is 3.75. The minimum Gasteiger partial charge on any atom is -0.356 e. The summed E-state index contributed by atoms with van der Waals surface area (Å²) in [5.41, 5.74) is 1.12. The van der Waals surface area contributed by atoms with Crippen LogP contribution in [0.2, 0.25) is 0 Å². The van der Waals surface area contributed by atoms with E-state index in [0.717, 1.165) is 49.1 Å². The Labute approximate surface area is 136 Å². The van der Waals surface area contributed by atoms with Crippen LogP contribution in [0.5, 0.6) is 0 Å². The van der Waals surface area contributed by atoms with Gasteiger partial charge in [0.1, 0.15) is 0 Å². The molecule has 1 fully saturated rings. The molecular formula is C15H25N5OS. The molecule has 22 heavy (non-hydrogen) atoms. The first-order chi connectivity index (χ1) is 10.6. The first-order valence-electron chi connectivity index (χ1n) is 7.78. The van der Waals surface area contributed by atoms with Crippen molar-refractivity contribution in [3.8, 4) is 0 Å². The first kappa shape index (κ1) is 16.7. The molecule has 1 aromatic rings. The van der Waals surface area contributed by atoms with Crippen molar-refractivity contribution in [3.05, 3.63) is 16.1 Å². The lowest BCUT2D eigenvalue weighted by atomic mass is 10.3. The molecule has 1 atom stereocenters. The number of aromatic nitrogens is 1. The highest BCUT2D eigenvalue weighted by atomic mass is 32.1. The Hall–Kier alpha value is -1.63. The maximum atomic E-state index is 11.7. The number of aliphatic imine (C=N–C) groups is 1. The standard InChI is InChI=1S/C15H25N5OS/c1-4-14(21)20-8-6-12(9-20)19-15(16-3)17-7-5-13-10-22-11(2)18-13/h10,12H,4-9H2,1-3H3,(H2,16,17,19). The number of carbonyl (C=O) groups excluding carboxylic acids is 1. The minimum atomic E-state index is 0.228. The third kappa shape index (κ3) is 4.69. The van der Waals surface area contributed by atoms with Crippen LogP contribution < -0.4 is 10.6 Å². The zero-order chi connectivity index (χ0) is 15.9. The van der Waals surface area contributed by atoms with Crippen LogP contribution in [0.15, 0.2) is 10.4 Å². The summed E-state index contributed by atoms with van der Waals surface area (Å²) in [5, 5.41) is 9.90. The van der Waals surface area contributed by atoms with Crippen LogP contribution in [-0.4, -0.2) is 54.5 Å². The summed E-state index contributed by atoms with van der Waals surface area (Å²) < 4.78 is 0. The van der Waals surface area contributed by atoms with Crippen molar-refractivity contribution >= 4 is 23.2 Å². The number of rotatable bonds is 5. The normalized spacial score (nSPS) is 18.6. The van der Waals surface area contributed by atoms with E-state index < -0.39 is 0 Å². The van der Waals surface area contributed by atoms with E-state index in [4.69, 9.17) is 0 Å². The second-order valence-corrected chi connectivity index (χ2v) is 6.49. The van der Waals surface area contributed by atoms with Gasteiger partial charge in [-0.1, -0.05) is 6.92 Å². The number of nitrogens with one attached hydrogen (secondary N) is 2. The van der Waals surface area contributed by atoms with E-state index >= 15 is 0 Å². The fourth-order valence-corrected chi connectivity index (χ4v) is 3.20. The highest BCUT2D eigenvalue weighted by Crippen LogP contribution is 2.10. The summed E-state index contributed by atoms with van der Waals surface area (Å²) in [6.45, 7) is 6.32. The number of hydrogen-bond donors (Lipinski definition) is 2. The molecular weight excluding hydrogens is 298 g/mol. The highest BCUT2D eigenvalue weighted by Gasteiger charge is 2.25. The molecule has 0 radical (unpaired) electrons. The van der Waals surface area contributed by atoms with Crippen molar-refractivity contribution in [2.75, 3.05) is 26.7 Å². The molecule has 1 aliphatic heterocycles. The average Bonchev–Trinajstić information content (AvgIpc) is 3.14. The molecule has 0 aromatic carbocycles. The molecule has 7 heteroatoms. The van der Waals surface area contributed by atoms with E-state index in [1.807, 2.05) is 18.7 Å². The molecule has 1 saturated heterocycles. The lowest BCUT2D eigenvalue weighted by Gasteiger charge is -2.18. The number of aryl methyl sites for hydroxylation is 1. The summed E-state index contributed by atoms with van der Waals surface area (Å²) in [6.07, 6.45) is 2.43. The highest BCUT2D eigenvalue weighted by molar-refractivity contribution is 7.09. The molecule has 1 aromatic heterocycles. The molecule has 2 heterocycles.